The van der Waals surface area contributed by atoms with Crippen molar-refractivity contribution in [3.8, 4) is 0 Å². The highest BCUT2D eigenvalue weighted by Crippen LogP contribution is 2.37. The molecule has 0 saturated heterocycles. The van der Waals surface area contributed by atoms with Gasteiger partial charge in [0.2, 0.25) is 5.78 Å². The van der Waals surface area contributed by atoms with Crippen molar-refractivity contribution in [2.24, 2.45) is 0 Å². The minimum absolute atomic E-state index is 0.0492. The second kappa shape index (κ2) is 4.68. The van der Waals surface area contributed by atoms with Crippen molar-refractivity contribution in [2.45, 2.75) is 6.92 Å². The Labute approximate surface area is 130 Å². The highest BCUT2D eigenvalue weighted by atomic mass is 32.1. The second-order valence-corrected chi connectivity index (χ2v) is 6.25. The van der Waals surface area contributed by atoms with Crippen LogP contribution in [0.5, 0.6) is 0 Å². The van der Waals surface area contributed by atoms with E-state index in [4.69, 9.17) is 5.73 Å². The lowest BCUT2D eigenvalue weighted by Crippen LogP contribution is -2.01. The summed E-state index contributed by atoms with van der Waals surface area (Å²) in [5.41, 5.74) is 9.52. The maximum absolute atomic E-state index is 12.6. The van der Waals surface area contributed by atoms with Crippen molar-refractivity contribution in [2.75, 3.05) is 5.73 Å². The van der Waals surface area contributed by atoms with Crippen LogP contribution in [0, 0.1) is 6.92 Å². The zero-order chi connectivity index (χ0) is 15.3. The van der Waals surface area contributed by atoms with Gasteiger partial charge < -0.3 is 5.73 Å². The van der Waals surface area contributed by atoms with Crippen molar-refractivity contribution < 1.29 is 4.79 Å². The van der Waals surface area contributed by atoms with Crippen molar-refractivity contribution in [3.63, 3.8) is 0 Å². The van der Waals surface area contributed by atoms with Crippen LogP contribution in [-0.2, 0) is 0 Å². The number of fused-ring (bicyclic) bond motifs is 3. The van der Waals surface area contributed by atoms with Crippen LogP contribution in [0.4, 0.5) is 5.69 Å². The first-order chi connectivity index (χ1) is 10.6. The van der Waals surface area contributed by atoms with E-state index in [9.17, 15) is 4.79 Å². The third kappa shape index (κ3) is 1.83. The summed E-state index contributed by atoms with van der Waals surface area (Å²) in [5.74, 6) is -0.0492. The standard InChI is InChI=1S/C17H13N3OS/c1-10-7-8-20-12(9-10)13-14(18)16(22-17(13)19-20)15(21)11-5-3-2-4-6-11/h2-9H,18H2,1H3. The Kier molecular flexibility index (Phi) is 2.77. The molecule has 4 nitrogen and oxygen atoms in total. The summed E-state index contributed by atoms with van der Waals surface area (Å²) in [6.45, 7) is 2.03. The number of ketones is 1. The zero-order valence-electron chi connectivity index (χ0n) is 11.9. The number of nitrogens with zero attached hydrogens (tertiary/aromatic N) is 2. The number of pyridine rings is 1. The molecule has 0 fully saturated rings. The number of hydrogen-bond acceptors (Lipinski definition) is 4. The van der Waals surface area contributed by atoms with E-state index < -0.39 is 0 Å². The van der Waals surface area contributed by atoms with Gasteiger partial charge in [-0.05, 0) is 24.6 Å². The number of anilines is 1. The van der Waals surface area contributed by atoms with Gasteiger partial charge in [-0.25, -0.2) is 4.52 Å². The number of benzene rings is 1. The zero-order valence-corrected chi connectivity index (χ0v) is 12.7. The van der Waals surface area contributed by atoms with Gasteiger partial charge in [0.25, 0.3) is 0 Å². The molecule has 0 aliphatic heterocycles. The van der Waals surface area contributed by atoms with Crippen LogP contribution >= 0.6 is 11.3 Å². The molecule has 0 atom stereocenters. The van der Waals surface area contributed by atoms with E-state index in [0.29, 0.717) is 16.1 Å². The van der Waals surface area contributed by atoms with Crippen LogP contribution < -0.4 is 5.73 Å². The van der Waals surface area contributed by atoms with E-state index in [-0.39, 0.29) is 5.78 Å². The molecule has 0 amide bonds. The van der Waals surface area contributed by atoms with Crippen molar-refractivity contribution in [1.29, 1.82) is 0 Å². The summed E-state index contributed by atoms with van der Waals surface area (Å²) in [7, 11) is 0. The molecule has 0 bridgehead atoms. The first kappa shape index (κ1) is 13.0. The first-order valence-corrected chi connectivity index (χ1v) is 7.73. The minimum atomic E-state index is -0.0492. The van der Waals surface area contributed by atoms with Gasteiger partial charge in [0.05, 0.1) is 16.6 Å². The van der Waals surface area contributed by atoms with Crippen molar-refractivity contribution in [3.05, 3.63) is 64.7 Å². The lowest BCUT2D eigenvalue weighted by Gasteiger charge is -2.00. The molecule has 108 valence electrons. The molecule has 0 radical (unpaired) electrons. The molecule has 0 spiro atoms. The van der Waals surface area contributed by atoms with Crippen molar-refractivity contribution >= 4 is 38.5 Å². The Morgan fingerprint density at radius 3 is 2.77 bits per heavy atom. The summed E-state index contributed by atoms with van der Waals surface area (Å²) >= 11 is 1.35. The molecular weight excluding hydrogens is 294 g/mol. The van der Waals surface area contributed by atoms with Crippen LogP contribution in [0.1, 0.15) is 20.8 Å². The van der Waals surface area contributed by atoms with Gasteiger partial charge in [-0.15, -0.1) is 11.3 Å². The molecule has 22 heavy (non-hydrogen) atoms. The van der Waals surface area contributed by atoms with Gasteiger partial charge in [-0.2, -0.15) is 5.10 Å². The van der Waals surface area contributed by atoms with Crippen LogP contribution in [0.25, 0.3) is 15.7 Å². The number of rotatable bonds is 2. The van der Waals surface area contributed by atoms with Gasteiger partial charge >= 0.3 is 0 Å². The number of aromatic nitrogens is 2. The Bertz CT molecular complexity index is 1010. The van der Waals surface area contributed by atoms with Crippen LogP contribution in [0.3, 0.4) is 0 Å². The Morgan fingerprint density at radius 1 is 1.23 bits per heavy atom. The number of nitrogen functional groups attached to an aromatic ring is 1. The molecule has 4 aromatic rings. The van der Waals surface area contributed by atoms with Gasteiger partial charge in [0.15, 0.2) is 0 Å². The van der Waals surface area contributed by atoms with Gasteiger partial charge in [-0.3, -0.25) is 4.79 Å². The number of carbonyl (C=O) groups excluding carboxylic acids is 1. The Balaban J connectivity index is 1.95. The molecule has 4 rings (SSSR count). The number of hydrogen-bond donors (Lipinski definition) is 1. The number of aryl methyl sites for hydroxylation is 1. The van der Waals surface area contributed by atoms with Crippen LogP contribution in [0.15, 0.2) is 48.7 Å². The number of carbonyl (C=O) groups is 1. The molecule has 0 saturated carbocycles. The Morgan fingerprint density at radius 2 is 2.00 bits per heavy atom. The summed E-state index contributed by atoms with van der Waals surface area (Å²) < 4.78 is 1.81. The minimum Gasteiger partial charge on any atom is -0.397 e. The molecule has 0 aliphatic rings. The van der Waals surface area contributed by atoms with E-state index in [1.165, 1.54) is 11.3 Å². The number of nitrogens with two attached hydrogens (primary N) is 1. The maximum Gasteiger partial charge on any atom is 0.205 e. The SMILES string of the molecule is Cc1ccn2nc3sc(C(=O)c4ccccc4)c(N)c3c2c1. The summed E-state index contributed by atoms with van der Waals surface area (Å²) in [5, 5.41) is 5.39. The second-order valence-electron chi connectivity index (χ2n) is 5.25. The fraction of sp³-hybridized carbons (Fsp3) is 0.0588. The normalized spacial score (nSPS) is 11.3. The van der Waals surface area contributed by atoms with E-state index in [2.05, 4.69) is 5.10 Å². The van der Waals surface area contributed by atoms with Gasteiger partial charge in [0, 0.05) is 11.8 Å². The summed E-state index contributed by atoms with van der Waals surface area (Å²) in [6.07, 6.45) is 1.91. The monoisotopic (exact) mass is 307 g/mol. The lowest BCUT2D eigenvalue weighted by atomic mass is 10.1. The average molecular weight is 307 g/mol. The predicted molar refractivity (Wildman–Crippen MR) is 89.6 cm³/mol. The fourth-order valence-electron chi connectivity index (χ4n) is 2.61. The largest absolute Gasteiger partial charge is 0.397 e. The Hall–Kier alpha value is -2.66. The lowest BCUT2D eigenvalue weighted by molar-refractivity contribution is 0.104. The third-order valence-electron chi connectivity index (χ3n) is 3.71. The van der Waals surface area contributed by atoms with Gasteiger partial charge in [-0.1, -0.05) is 30.3 Å². The molecule has 0 aliphatic carbocycles. The molecule has 2 N–H and O–H groups in total. The molecule has 1 aromatic carbocycles. The van der Waals surface area contributed by atoms with Crippen LogP contribution in [-0.4, -0.2) is 15.4 Å². The quantitative estimate of drug-likeness (QED) is 0.575. The average Bonchev–Trinajstić information content (AvgIpc) is 3.04. The molecule has 0 unspecified atom stereocenters. The summed E-state index contributed by atoms with van der Waals surface area (Å²) in [4.78, 5) is 14.0. The molecular formula is C17H13N3OS. The molecule has 5 heteroatoms. The van der Waals surface area contributed by atoms with E-state index >= 15 is 0 Å². The smallest absolute Gasteiger partial charge is 0.205 e. The fourth-order valence-corrected chi connectivity index (χ4v) is 3.67. The molecule has 3 aromatic heterocycles. The van der Waals surface area contributed by atoms with E-state index in [1.54, 1.807) is 16.6 Å². The van der Waals surface area contributed by atoms with Crippen molar-refractivity contribution in [1.82, 2.24) is 9.61 Å². The summed E-state index contributed by atoms with van der Waals surface area (Å²) in [6, 6.07) is 13.2. The third-order valence-corrected chi connectivity index (χ3v) is 4.80. The predicted octanol–water partition coefficient (Wildman–Crippen LogP) is 3.67. The highest BCUT2D eigenvalue weighted by molar-refractivity contribution is 7.21. The highest BCUT2D eigenvalue weighted by Gasteiger charge is 2.21. The number of thiophene rings is 1. The van der Waals surface area contributed by atoms with Crippen LogP contribution in [0.2, 0.25) is 0 Å². The molecule has 3 heterocycles. The van der Waals surface area contributed by atoms with E-state index in [0.717, 1.165) is 21.3 Å². The maximum atomic E-state index is 12.6. The van der Waals surface area contributed by atoms with E-state index in [1.807, 2.05) is 43.5 Å². The van der Waals surface area contributed by atoms with Gasteiger partial charge in [0.1, 0.15) is 9.71 Å². The topological polar surface area (TPSA) is 60.4 Å². The first-order valence-electron chi connectivity index (χ1n) is 6.92.